The summed E-state index contributed by atoms with van der Waals surface area (Å²) in [6.07, 6.45) is -3.25. The van der Waals surface area contributed by atoms with Crippen LogP contribution in [0, 0.1) is 0 Å². The number of aromatic nitrogens is 2. The number of carbonyl (C=O) groups is 2. The maximum Gasteiger partial charge on any atom is 0.416 e. The van der Waals surface area contributed by atoms with Gasteiger partial charge in [-0.1, -0.05) is 18.2 Å². The summed E-state index contributed by atoms with van der Waals surface area (Å²) in [4.78, 5) is 44.3. The van der Waals surface area contributed by atoms with E-state index in [1.807, 2.05) is 18.2 Å². The fourth-order valence-corrected chi connectivity index (χ4v) is 4.61. The average Bonchev–Trinajstić information content (AvgIpc) is 3.03. The highest BCUT2D eigenvalue weighted by atomic mass is 19.4. The molecule has 1 aliphatic rings. The fourth-order valence-electron chi connectivity index (χ4n) is 4.61. The van der Waals surface area contributed by atoms with Crippen molar-refractivity contribution in [1.82, 2.24) is 9.55 Å². The zero-order valence-corrected chi connectivity index (χ0v) is 24.1. The van der Waals surface area contributed by atoms with Crippen LogP contribution in [0.3, 0.4) is 0 Å². The average molecular weight is 627 g/mol. The number of amides is 1. The van der Waals surface area contributed by atoms with E-state index in [1.165, 1.54) is 37.7 Å². The van der Waals surface area contributed by atoms with Gasteiger partial charge in [0.25, 0.3) is 5.56 Å². The zero-order chi connectivity index (χ0) is 32.0. The molecule has 0 saturated carbocycles. The number of hydrogen-bond acceptors (Lipinski definition) is 9. The maximum absolute atomic E-state index is 13.2. The number of carbonyl (C=O) groups excluding carboxylic acids is 2. The van der Waals surface area contributed by atoms with Crippen LogP contribution < -0.4 is 20.5 Å². The summed E-state index contributed by atoms with van der Waals surface area (Å²) in [5.74, 6) is -0.638. The largest absolute Gasteiger partial charge is 0.468 e. The molecule has 45 heavy (non-hydrogen) atoms. The van der Waals surface area contributed by atoms with E-state index in [2.05, 4.69) is 19.9 Å². The van der Waals surface area contributed by atoms with Gasteiger partial charge in [0.2, 0.25) is 5.91 Å². The molecule has 5 rings (SSSR count). The molecule has 4 aromatic rings. The number of halogens is 3. The molecule has 14 heteroatoms. The molecule has 0 radical (unpaired) electrons. The van der Waals surface area contributed by atoms with Crippen LogP contribution in [0.2, 0.25) is 0 Å². The molecule has 0 atom stereocenters. The lowest BCUT2D eigenvalue weighted by molar-refractivity contribution is -0.141. The number of nitrogens with one attached hydrogen (secondary N) is 1. The van der Waals surface area contributed by atoms with Crippen LogP contribution in [0.25, 0.3) is 10.9 Å². The van der Waals surface area contributed by atoms with Crippen LogP contribution in [-0.2, 0) is 43.1 Å². The third-order valence-corrected chi connectivity index (χ3v) is 6.93. The molecule has 0 bridgehead atoms. The van der Waals surface area contributed by atoms with Crippen molar-refractivity contribution in [2.45, 2.75) is 19.3 Å². The van der Waals surface area contributed by atoms with Crippen molar-refractivity contribution in [2.24, 2.45) is 0 Å². The molecule has 1 N–H and O–H groups in total. The zero-order valence-electron chi connectivity index (χ0n) is 24.1. The summed E-state index contributed by atoms with van der Waals surface area (Å²) in [5.41, 5.74) is 0.486. The second-order valence-corrected chi connectivity index (χ2v) is 10.1. The lowest BCUT2D eigenvalue weighted by Crippen LogP contribution is -2.36. The van der Waals surface area contributed by atoms with Gasteiger partial charge in [0.05, 0.1) is 55.4 Å². The minimum Gasteiger partial charge on any atom is -0.468 e. The summed E-state index contributed by atoms with van der Waals surface area (Å²) in [6, 6.07) is 14.6. The minimum absolute atomic E-state index is 0.0950. The van der Waals surface area contributed by atoms with E-state index in [0.717, 1.165) is 22.4 Å². The summed E-state index contributed by atoms with van der Waals surface area (Å²) < 4.78 is 61.3. The monoisotopic (exact) mass is 626 g/mol. The molecule has 0 aliphatic carbocycles. The summed E-state index contributed by atoms with van der Waals surface area (Å²) in [6.45, 7) is 1.75. The Labute approximate surface area is 255 Å². The summed E-state index contributed by atoms with van der Waals surface area (Å²) >= 11 is 0. The van der Waals surface area contributed by atoms with Crippen molar-refractivity contribution in [1.29, 1.82) is 0 Å². The number of anilines is 2. The topological polar surface area (TPSA) is 121 Å². The van der Waals surface area contributed by atoms with Gasteiger partial charge < -0.3 is 29.2 Å². The number of methoxy groups -OCH3 is 1. The van der Waals surface area contributed by atoms with Crippen molar-refractivity contribution in [2.75, 3.05) is 50.2 Å². The number of rotatable bonds is 10. The molecule has 1 fully saturated rings. The quantitative estimate of drug-likeness (QED) is 0.256. The number of alkyl halides is 3. The van der Waals surface area contributed by atoms with Gasteiger partial charge in [-0.2, -0.15) is 13.2 Å². The third-order valence-electron chi connectivity index (χ3n) is 6.93. The second-order valence-electron chi connectivity index (χ2n) is 10.1. The Morgan fingerprint density at radius 3 is 2.51 bits per heavy atom. The van der Waals surface area contributed by atoms with Gasteiger partial charge in [0.1, 0.15) is 18.9 Å². The standard InChI is InChI=1S/C31H29F3N4O7/c1-42-29(40)16-38-19-35-25-15-26(36-28(39)18-44-17-20-5-7-21(8-6-20)31(32,33)34)27(14-24(25)30(38)41)45-23-4-2-3-22(13-23)37-9-11-43-12-10-37/h2-8,13-15,19H,9-12,16-18H2,1H3,(H,36,39). The number of ether oxygens (including phenoxy) is 4. The Morgan fingerprint density at radius 1 is 1.04 bits per heavy atom. The molecule has 2 heterocycles. The molecule has 3 aromatic carbocycles. The number of benzene rings is 3. The fraction of sp³-hybridized carbons (Fsp3) is 0.290. The third kappa shape index (κ3) is 7.96. The van der Waals surface area contributed by atoms with Crippen LogP contribution in [-0.4, -0.2) is 61.4 Å². The molecule has 1 saturated heterocycles. The normalized spacial score (nSPS) is 13.5. The number of nitrogens with zero attached hydrogens (tertiary/aromatic N) is 3. The van der Waals surface area contributed by atoms with Crippen LogP contribution in [0.1, 0.15) is 11.1 Å². The first kappa shape index (κ1) is 31.5. The SMILES string of the molecule is COC(=O)Cn1cnc2cc(NC(=O)COCc3ccc(C(F)(F)F)cc3)c(Oc3cccc(N4CCOCC4)c3)cc2c1=O. The first-order valence-corrected chi connectivity index (χ1v) is 13.8. The highest BCUT2D eigenvalue weighted by Gasteiger charge is 2.30. The number of fused-ring (bicyclic) bond motifs is 1. The Hall–Kier alpha value is -4.95. The van der Waals surface area contributed by atoms with Crippen molar-refractivity contribution in [3.05, 3.63) is 88.5 Å². The predicted octanol–water partition coefficient (Wildman–Crippen LogP) is 4.37. The van der Waals surface area contributed by atoms with Crippen molar-refractivity contribution < 1.29 is 41.7 Å². The van der Waals surface area contributed by atoms with E-state index in [0.29, 0.717) is 37.6 Å². The molecule has 1 aromatic heterocycles. The van der Waals surface area contributed by atoms with E-state index in [-0.39, 0.29) is 35.5 Å². The van der Waals surface area contributed by atoms with Crippen LogP contribution in [0.4, 0.5) is 24.5 Å². The van der Waals surface area contributed by atoms with Crippen molar-refractivity contribution >= 4 is 34.2 Å². The first-order valence-electron chi connectivity index (χ1n) is 13.8. The summed E-state index contributed by atoms with van der Waals surface area (Å²) in [5, 5.41) is 2.84. The van der Waals surface area contributed by atoms with E-state index in [1.54, 1.807) is 6.07 Å². The van der Waals surface area contributed by atoms with Crippen molar-refractivity contribution in [3.8, 4) is 11.5 Å². The lowest BCUT2D eigenvalue weighted by Gasteiger charge is -2.29. The van der Waals surface area contributed by atoms with Crippen LogP contribution >= 0.6 is 0 Å². The molecule has 0 spiro atoms. The van der Waals surface area contributed by atoms with E-state index < -0.39 is 35.8 Å². The first-order chi connectivity index (χ1) is 21.6. The summed E-state index contributed by atoms with van der Waals surface area (Å²) in [7, 11) is 1.21. The Morgan fingerprint density at radius 2 is 1.80 bits per heavy atom. The van der Waals surface area contributed by atoms with Crippen molar-refractivity contribution in [3.63, 3.8) is 0 Å². The minimum atomic E-state index is -4.45. The van der Waals surface area contributed by atoms with Crippen LogP contribution in [0.15, 0.2) is 71.8 Å². The smallest absolute Gasteiger partial charge is 0.416 e. The number of hydrogen-bond donors (Lipinski definition) is 1. The predicted molar refractivity (Wildman–Crippen MR) is 157 cm³/mol. The van der Waals surface area contributed by atoms with E-state index >= 15 is 0 Å². The van der Waals surface area contributed by atoms with Gasteiger partial charge in [-0.3, -0.25) is 19.0 Å². The van der Waals surface area contributed by atoms with E-state index in [9.17, 15) is 27.6 Å². The molecule has 11 nitrogen and oxygen atoms in total. The Bertz CT molecular complexity index is 1740. The molecular formula is C31H29F3N4O7. The van der Waals surface area contributed by atoms with E-state index in [4.69, 9.17) is 14.2 Å². The van der Waals surface area contributed by atoms with Gasteiger partial charge >= 0.3 is 12.1 Å². The highest BCUT2D eigenvalue weighted by molar-refractivity contribution is 5.96. The molecule has 1 amide bonds. The lowest BCUT2D eigenvalue weighted by atomic mass is 10.1. The second kappa shape index (κ2) is 13.8. The van der Waals surface area contributed by atoms with Gasteiger partial charge in [0, 0.05) is 24.8 Å². The molecule has 0 unspecified atom stereocenters. The van der Waals surface area contributed by atoms with Gasteiger partial charge in [-0.15, -0.1) is 0 Å². The Balaban J connectivity index is 1.37. The molecule has 236 valence electrons. The Kier molecular flexibility index (Phi) is 9.64. The maximum atomic E-state index is 13.2. The van der Waals surface area contributed by atoms with Gasteiger partial charge in [0.15, 0.2) is 5.75 Å². The highest BCUT2D eigenvalue weighted by Crippen LogP contribution is 2.34. The van der Waals surface area contributed by atoms with Gasteiger partial charge in [-0.05, 0) is 42.0 Å². The molecule has 1 aliphatic heterocycles. The number of esters is 1. The van der Waals surface area contributed by atoms with Gasteiger partial charge in [-0.25, -0.2) is 4.98 Å². The van der Waals surface area contributed by atoms with Crippen LogP contribution in [0.5, 0.6) is 11.5 Å². The number of morpholine rings is 1. The molecular weight excluding hydrogens is 597 g/mol.